The van der Waals surface area contributed by atoms with Crippen molar-refractivity contribution < 1.29 is 13.2 Å². The number of hydrogen-bond acceptors (Lipinski definition) is 3. The quantitative estimate of drug-likeness (QED) is 0.400. The van der Waals surface area contributed by atoms with E-state index in [0.29, 0.717) is 5.69 Å². The molecule has 0 saturated carbocycles. The molecule has 0 heterocycles. The minimum Gasteiger partial charge on any atom is -0.321 e. The lowest BCUT2D eigenvalue weighted by atomic mass is 10.1. The normalized spacial score (nSPS) is 11.3. The molecule has 0 radical (unpaired) electrons. The minimum atomic E-state index is -3.76. The van der Waals surface area contributed by atoms with Crippen LogP contribution in [0.3, 0.4) is 0 Å². The molecule has 5 nitrogen and oxygen atoms in total. The Bertz CT molecular complexity index is 1380. The number of nitrogens with one attached hydrogen (secondary N) is 2. The summed E-state index contributed by atoms with van der Waals surface area (Å²) in [6.07, 6.45) is 0. The van der Waals surface area contributed by atoms with Gasteiger partial charge in [0, 0.05) is 11.1 Å². The predicted octanol–water partition coefficient (Wildman–Crippen LogP) is 5.85. The molecule has 0 spiro atoms. The summed E-state index contributed by atoms with van der Waals surface area (Å²) in [5.41, 5.74) is 2.15. The van der Waals surface area contributed by atoms with Gasteiger partial charge >= 0.3 is 0 Å². The Balaban J connectivity index is 1.55. The summed E-state index contributed by atoms with van der Waals surface area (Å²) in [5.74, 6) is -0.380. The first-order valence-corrected chi connectivity index (χ1v) is 11.4. The molecule has 0 fully saturated rings. The van der Waals surface area contributed by atoms with Crippen LogP contribution < -0.4 is 10.0 Å². The first-order chi connectivity index (χ1) is 14.8. The van der Waals surface area contributed by atoms with Crippen molar-refractivity contribution >= 4 is 49.7 Å². The first-order valence-electron chi connectivity index (χ1n) is 9.52. The van der Waals surface area contributed by atoms with Crippen molar-refractivity contribution in [2.75, 3.05) is 10.0 Å². The van der Waals surface area contributed by atoms with Crippen molar-refractivity contribution in [3.05, 3.63) is 101 Å². The third-order valence-electron chi connectivity index (χ3n) is 4.84. The van der Waals surface area contributed by atoms with Gasteiger partial charge in [0.15, 0.2) is 0 Å². The summed E-state index contributed by atoms with van der Waals surface area (Å²) in [4.78, 5) is 12.9. The van der Waals surface area contributed by atoms with Crippen LogP contribution in [0.2, 0.25) is 5.02 Å². The number of fused-ring (bicyclic) bond motifs is 1. The van der Waals surface area contributed by atoms with E-state index in [4.69, 9.17) is 11.6 Å². The number of anilines is 2. The van der Waals surface area contributed by atoms with Crippen molar-refractivity contribution in [3.63, 3.8) is 0 Å². The molecular formula is C24H19ClN2O3S. The van der Waals surface area contributed by atoms with E-state index in [1.807, 2.05) is 49.4 Å². The zero-order chi connectivity index (χ0) is 22.0. The Morgan fingerprint density at radius 3 is 2.32 bits per heavy atom. The van der Waals surface area contributed by atoms with E-state index in [-0.39, 0.29) is 27.1 Å². The number of amides is 1. The fourth-order valence-electron chi connectivity index (χ4n) is 3.22. The van der Waals surface area contributed by atoms with Crippen LogP contribution in [0.4, 0.5) is 11.4 Å². The van der Waals surface area contributed by atoms with E-state index in [1.165, 1.54) is 30.3 Å². The molecular weight excluding hydrogens is 432 g/mol. The van der Waals surface area contributed by atoms with Gasteiger partial charge in [0.1, 0.15) is 0 Å². The SMILES string of the molecule is Cc1ccc(S(=O)(=O)Nc2ccc(C(=O)Nc3cccc4ccccc34)c(Cl)c2)cc1. The molecule has 0 bridgehead atoms. The number of aryl methyl sites for hydroxylation is 1. The number of sulfonamides is 1. The van der Waals surface area contributed by atoms with Crippen LogP contribution in [0.5, 0.6) is 0 Å². The molecule has 0 saturated heterocycles. The van der Waals surface area contributed by atoms with Crippen LogP contribution in [0.1, 0.15) is 15.9 Å². The molecule has 0 aliphatic carbocycles. The van der Waals surface area contributed by atoms with Crippen LogP contribution >= 0.6 is 11.6 Å². The molecule has 0 aliphatic rings. The molecule has 7 heteroatoms. The van der Waals surface area contributed by atoms with Crippen LogP contribution in [0.25, 0.3) is 10.8 Å². The van der Waals surface area contributed by atoms with Crippen LogP contribution in [0, 0.1) is 6.92 Å². The van der Waals surface area contributed by atoms with Crippen molar-refractivity contribution in [2.24, 2.45) is 0 Å². The number of carbonyl (C=O) groups is 1. The average Bonchev–Trinajstić information content (AvgIpc) is 2.74. The van der Waals surface area contributed by atoms with Gasteiger partial charge < -0.3 is 5.32 Å². The van der Waals surface area contributed by atoms with E-state index < -0.39 is 10.0 Å². The summed E-state index contributed by atoms with van der Waals surface area (Å²) in [7, 11) is -3.76. The number of carbonyl (C=O) groups excluding carboxylic acids is 1. The summed E-state index contributed by atoms with van der Waals surface area (Å²) < 4.78 is 27.6. The number of rotatable bonds is 5. The van der Waals surface area contributed by atoms with Gasteiger partial charge in [0.05, 0.1) is 21.2 Å². The second kappa shape index (κ2) is 8.41. The maximum atomic E-state index is 12.8. The fourth-order valence-corrected chi connectivity index (χ4v) is 4.53. The van der Waals surface area contributed by atoms with Gasteiger partial charge in [-0.05, 0) is 48.7 Å². The molecule has 2 N–H and O–H groups in total. The van der Waals surface area contributed by atoms with Gasteiger partial charge in [-0.25, -0.2) is 8.42 Å². The zero-order valence-corrected chi connectivity index (χ0v) is 18.2. The maximum absolute atomic E-state index is 12.8. The van der Waals surface area contributed by atoms with Gasteiger partial charge in [-0.2, -0.15) is 0 Å². The second-order valence-electron chi connectivity index (χ2n) is 7.09. The first kappa shape index (κ1) is 20.9. The van der Waals surface area contributed by atoms with E-state index in [0.717, 1.165) is 16.3 Å². The standard InChI is InChI=1S/C24H19ClN2O3S/c1-16-9-12-19(13-10-16)31(29,30)27-18-11-14-21(22(25)15-18)24(28)26-23-8-4-6-17-5-2-3-7-20(17)23/h2-15,27H,1H3,(H,26,28). The van der Waals surface area contributed by atoms with E-state index in [2.05, 4.69) is 10.0 Å². The lowest BCUT2D eigenvalue weighted by molar-refractivity contribution is 0.102. The largest absolute Gasteiger partial charge is 0.321 e. The van der Waals surface area contributed by atoms with Crippen molar-refractivity contribution in [1.82, 2.24) is 0 Å². The van der Waals surface area contributed by atoms with Gasteiger partial charge in [-0.3, -0.25) is 9.52 Å². The highest BCUT2D eigenvalue weighted by Crippen LogP contribution is 2.27. The Kier molecular flexibility index (Phi) is 5.67. The van der Waals surface area contributed by atoms with Gasteiger partial charge in [-0.15, -0.1) is 0 Å². The number of hydrogen-bond donors (Lipinski definition) is 2. The fraction of sp³-hybridized carbons (Fsp3) is 0.0417. The lowest BCUT2D eigenvalue weighted by Gasteiger charge is -2.12. The number of benzene rings is 4. The Morgan fingerprint density at radius 2 is 1.58 bits per heavy atom. The van der Waals surface area contributed by atoms with Gasteiger partial charge in [-0.1, -0.05) is 65.7 Å². The number of halogens is 1. The second-order valence-corrected chi connectivity index (χ2v) is 9.18. The monoisotopic (exact) mass is 450 g/mol. The summed E-state index contributed by atoms with van der Waals surface area (Å²) in [6, 6.07) is 24.3. The molecule has 0 aliphatic heterocycles. The molecule has 0 unspecified atom stereocenters. The Hall–Kier alpha value is -3.35. The molecule has 31 heavy (non-hydrogen) atoms. The van der Waals surface area contributed by atoms with Gasteiger partial charge in [0.2, 0.25) is 0 Å². The van der Waals surface area contributed by atoms with E-state index in [1.54, 1.807) is 12.1 Å². The maximum Gasteiger partial charge on any atom is 0.261 e. The molecule has 1 amide bonds. The summed E-state index contributed by atoms with van der Waals surface area (Å²) in [5, 5.41) is 4.94. The molecule has 0 atom stereocenters. The lowest BCUT2D eigenvalue weighted by Crippen LogP contribution is -2.15. The highest BCUT2D eigenvalue weighted by atomic mass is 35.5. The molecule has 4 aromatic carbocycles. The Morgan fingerprint density at radius 1 is 0.871 bits per heavy atom. The highest BCUT2D eigenvalue weighted by Gasteiger charge is 2.17. The average molecular weight is 451 g/mol. The molecule has 156 valence electrons. The third kappa shape index (κ3) is 4.55. The summed E-state index contributed by atoms with van der Waals surface area (Å²) in [6.45, 7) is 1.88. The van der Waals surface area contributed by atoms with Crippen molar-refractivity contribution in [2.45, 2.75) is 11.8 Å². The molecule has 4 aromatic rings. The smallest absolute Gasteiger partial charge is 0.261 e. The topological polar surface area (TPSA) is 75.3 Å². The van der Waals surface area contributed by atoms with E-state index in [9.17, 15) is 13.2 Å². The predicted molar refractivity (Wildman–Crippen MR) is 125 cm³/mol. The van der Waals surface area contributed by atoms with Crippen molar-refractivity contribution in [1.29, 1.82) is 0 Å². The van der Waals surface area contributed by atoms with Crippen LogP contribution in [0.15, 0.2) is 89.8 Å². The Labute approximate surface area is 185 Å². The zero-order valence-electron chi connectivity index (χ0n) is 16.6. The molecule has 0 aromatic heterocycles. The van der Waals surface area contributed by atoms with Crippen LogP contribution in [-0.2, 0) is 10.0 Å². The molecule has 4 rings (SSSR count). The van der Waals surface area contributed by atoms with Gasteiger partial charge in [0.25, 0.3) is 15.9 Å². The van der Waals surface area contributed by atoms with Crippen LogP contribution in [-0.4, -0.2) is 14.3 Å². The third-order valence-corrected chi connectivity index (χ3v) is 6.54. The highest BCUT2D eigenvalue weighted by molar-refractivity contribution is 7.92. The minimum absolute atomic E-state index is 0.141. The van der Waals surface area contributed by atoms with E-state index >= 15 is 0 Å². The summed E-state index contributed by atoms with van der Waals surface area (Å²) >= 11 is 6.31. The van der Waals surface area contributed by atoms with Crippen molar-refractivity contribution in [3.8, 4) is 0 Å².